The van der Waals surface area contributed by atoms with Crippen molar-refractivity contribution in [2.24, 2.45) is 5.73 Å². The van der Waals surface area contributed by atoms with Crippen LogP contribution in [0.2, 0.25) is 0 Å². The molecule has 0 bridgehead atoms. The third kappa shape index (κ3) is 2.02. The average Bonchev–Trinajstić information content (AvgIpc) is 2.27. The molecule has 1 aromatic rings. The van der Waals surface area contributed by atoms with E-state index in [-0.39, 0.29) is 5.92 Å². The standard InChI is InChI=1S/C12H15F2N/c13-12(14)11(15)10-7-3-5-8-4-1-2-6-9(8)10/h1-2,4,6,10-12H,3,5,7,15H2. The lowest BCUT2D eigenvalue weighted by molar-refractivity contribution is 0.100. The fourth-order valence-corrected chi connectivity index (χ4v) is 2.37. The second-order valence-electron chi connectivity index (χ2n) is 4.11. The van der Waals surface area contributed by atoms with Crippen LogP contribution < -0.4 is 5.73 Å². The topological polar surface area (TPSA) is 26.0 Å². The molecule has 2 rings (SSSR count). The summed E-state index contributed by atoms with van der Waals surface area (Å²) in [6.45, 7) is 0. The highest BCUT2D eigenvalue weighted by atomic mass is 19.3. The normalized spacial score (nSPS) is 22.5. The largest absolute Gasteiger partial charge is 0.322 e. The van der Waals surface area contributed by atoms with Crippen LogP contribution in [0.25, 0.3) is 0 Å². The number of hydrogen-bond donors (Lipinski definition) is 1. The molecule has 1 aromatic carbocycles. The Kier molecular flexibility index (Phi) is 3.00. The lowest BCUT2D eigenvalue weighted by Crippen LogP contribution is -2.37. The molecule has 0 saturated heterocycles. The molecule has 0 aromatic heterocycles. The first-order chi connectivity index (χ1) is 7.20. The Labute approximate surface area is 88.3 Å². The van der Waals surface area contributed by atoms with Crippen molar-refractivity contribution in [2.45, 2.75) is 37.6 Å². The highest BCUT2D eigenvalue weighted by Gasteiger charge is 2.30. The summed E-state index contributed by atoms with van der Waals surface area (Å²) in [5, 5.41) is 0. The van der Waals surface area contributed by atoms with Crippen LogP contribution in [-0.4, -0.2) is 12.5 Å². The molecular formula is C12H15F2N. The van der Waals surface area contributed by atoms with E-state index < -0.39 is 12.5 Å². The maximum Gasteiger partial charge on any atom is 0.254 e. The van der Waals surface area contributed by atoms with E-state index in [1.54, 1.807) is 0 Å². The molecule has 0 fully saturated rings. The summed E-state index contributed by atoms with van der Waals surface area (Å²) in [6, 6.07) is 6.78. The number of rotatable bonds is 2. The Balaban J connectivity index is 2.29. The van der Waals surface area contributed by atoms with Gasteiger partial charge in [-0.1, -0.05) is 24.3 Å². The van der Waals surface area contributed by atoms with Gasteiger partial charge in [-0.25, -0.2) is 8.78 Å². The molecule has 1 aliphatic rings. The van der Waals surface area contributed by atoms with Crippen molar-refractivity contribution in [3.05, 3.63) is 35.4 Å². The van der Waals surface area contributed by atoms with E-state index in [4.69, 9.17) is 5.73 Å². The van der Waals surface area contributed by atoms with Gasteiger partial charge < -0.3 is 5.73 Å². The maximum absolute atomic E-state index is 12.6. The fraction of sp³-hybridized carbons (Fsp3) is 0.500. The van der Waals surface area contributed by atoms with Gasteiger partial charge in [-0.05, 0) is 30.4 Å². The second kappa shape index (κ2) is 4.27. The van der Waals surface area contributed by atoms with Gasteiger partial charge in [-0.2, -0.15) is 0 Å². The van der Waals surface area contributed by atoms with Gasteiger partial charge >= 0.3 is 0 Å². The van der Waals surface area contributed by atoms with Gasteiger partial charge in [0.2, 0.25) is 0 Å². The zero-order chi connectivity index (χ0) is 10.8. The highest BCUT2D eigenvalue weighted by Crippen LogP contribution is 2.34. The molecule has 15 heavy (non-hydrogen) atoms. The van der Waals surface area contributed by atoms with Crippen molar-refractivity contribution < 1.29 is 8.78 Å². The van der Waals surface area contributed by atoms with Crippen molar-refractivity contribution >= 4 is 0 Å². The quantitative estimate of drug-likeness (QED) is 0.799. The number of benzene rings is 1. The molecular weight excluding hydrogens is 196 g/mol. The lowest BCUT2D eigenvalue weighted by atomic mass is 9.79. The summed E-state index contributed by atoms with van der Waals surface area (Å²) in [5.74, 6) is -0.171. The lowest BCUT2D eigenvalue weighted by Gasteiger charge is -2.29. The monoisotopic (exact) mass is 211 g/mol. The van der Waals surface area contributed by atoms with Gasteiger partial charge in [0.05, 0.1) is 6.04 Å². The van der Waals surface area contributed by atoms with Crippen LogP contribution in [-0.2, 0) is 6.42 Å². The first-order valence-corrected chi connectivity index (χ1v) is 5.31. The molecule has 0 spiro atoms. The molecule has 0 aliphatic heterocycles. The minimum absolute atomic E-state index is 0.171. The van der Waals surface area contributed by atoms with Crippen LogP contribution in [0.15, 0.2) is 24.3 Å². The molecule has 2 atom stereocenters. The summed E-state index contributed by atoms with van der Waals surface area (Å²) in [5.41, 5.74) is 7.77. The zero-order valence-corrected chi connectivity index (χ0v) is 8.50. The van der Waals surface area contributed by atoms with Gasteiger partial charge in [0.1, 0.15) is 0 Å². The number of halogens is 2. The molecule has 0 radical (unpaired) electrons. The Morgan fingerprint density at radius 3 is 2.73 bits per heavy atom. The Morgan fingerprint density at radius 2 is 2.00 bits per heavy atom. The number of hydrogen-bond acceptors (Lipinski definition) is 1. The van der Waals surface area contributed by atoms with Crippen LogP contribution in [0, 0.1) is 0 Å². The number of aryl methyl sites for hydroxylation is 1. The molecule has 0 saturated carbocycles. The zero-order valence-electron chi connectivity index (χ0n) is 8.50. The molecule has 82 valence electrons. The predicted octanol–water partition coefficient (Wildman–Crippen LogP) is 2.70. The molecule has 1 aliphatic carbocycles. The number of nitrogens with two attached hydrogens (primary N) is 1. The van der Waals surface area contributed by atoms with E-state index >= 15 is 0 Å². The Hall–Kier alpha value is -0.960. The first kappa shape index (κ1) is 10.6. The van der Waals surface area contributed by atoms with Crippen molar-refractivity contribution in [3.63, 3.8) is 0 Å². The van der Waals surface area contributed by atoms with Crippen LogP contribution >= 0.6 is 0 Å². The molecule has 3 heteroatoms. The van der Waals surface area contributed by atoms with Gasteiger partial charge in [0.15, 0.2) is 0 Å². The SMILES string of the molecule is NC(C(F)F)C1CCCc2ccccc21. The Bertz CT molecular complexity index is 338. The predicted molar refractivity (Wildman–Crippen MR) is 56.1 cm³/mol. The highest BCUT2D eigenvalue weighted by molar-refractivity contribution is 5.33. The second-order valence-corrected chi connectivity index (χ2v) is 4.11. The minimum atomic E-state index is -2.43. The maximum atomic E-state index is 12.6. The summed E-state index contributed by atoms with van der Waals surface area (Å²) in [6.07, 6.45) is 0.300. The minimum Gasteiger partial charge on any atom is -0.322 e. The third-order valence-electron chi connectivity index (χ3n) is 3.17. The van der Waals surface area contributed by atoms with E-state index in [1.165, 1.54) is 5.56 Å². The van der Waals surface area contributed by atoms with Crippen LogP contribution in [0.3, 0.4) is 0 Å². The van der Waals surface area contributed by atoms with Crippen molar-refractivity contribution in [3.8, 4) is 0 Å². The van der Waals surface area contributed by atoms with Crippen LogP contribution in [0.1, 0.15) is 29.9 Å². The number of fused-ring (bicyclic) bond motifs is 1. The summed E-state index contributed by atoms with van der Waals surface area (Å²) >= 11 is 0. The summed E-state index contributed by atoms with van der Waals surface area (Å²) in [4.78, 5) is 0. The fourth-order valence-electron chi connectivity index (χ4n) is 2.37. The molecule has 0 heterocycles. The van der Waals surface area contributed by atoms with Gasteiger partial charge in [-0.3, -0.25) is 0 Å². The van der Waals surface area contributed by atoms with Crippen LogP contribution in [0.5, 0.6) is 0 Å². The van der Waals surface area contributed by atoms with Crippen molar-refractivity contribution in [1.82, 2.24) is 0 Å². The summed E-state index contributed by atoms with van der Waals surface area (Å²) < 4.78 is 25.2. The van der Waals surface area contributed by atoms with E-state index in [9.17, 15) is 8.78 Å². The molecule has 2 unspecified atom stereocenters. The number of alkyl halides is 2. The van der Waals surface area contributed by atoms with Gasteiger partial charge in [0, 0.05) is 5.92 Å². The molecule has 2 N–H and O–H groups in total. The first-order valence-electron chi connectivity index (χ1n) is 5.31. The van der Waals surface area contributed by atoms with E-state index in [0.717, 1.165) is 24.8 Å². The summed E-state index contributed by atoms with van der Waals surface area (Å²) in [7, 11) is 0. The average molecular weight is 211 g/mol. The van der Waals surface area contributed by atoms with E-state index in [2.05, 4.69) is 0 Å². The van der Waals surface area contributed by atoms with E-state index in [0.29, 0.717) is 0 Å². The third-order valence-corrected chi connectivity index (χ3v) is 3.17. The van der Waals surface area contributed by atoms with Crippen molar-refractivity contribution in [1.29, 1.82) is 0 Å². The van der Waals surface area contributed by atoms with Crippen molar-refractivity contribution in [2.75, 3.05) is 0 Å². The van der Waals surface area contributed by atoms with E-state index in [1.807, 2.05) is 24.3 Å². The Morgan fingerprint density at radius 1 is 1.27 bits per heavy atom. The molecule has 1 nitrogen and oxygen atoms in total. The van der Waals surface area contributed by atoms with Gasteiger partial charge in [0.25, 0.3) is 6.43 Å². The molecule has 0 amide bonds. The smallest absolute Gasteiger partial charge is 0.254 e. The van der Waals surface area contributed by atoms with Crippen LogP contribution in [0.4, 0.5) is 8.78 Å². The van der Waals surface area contributed by atoms with Gasteiger partial charge in [-0.15, -0.1) is 0 Å².